The predicted molar refractivity (Wildman–Crippen MR) is 115 cm³/mol. The number of anilines is 2. The molecule has 3 aromatic carbocycles. The molecule has 30 heavy (non-hydrogen) atoms. The molecule has 0 aromatic heterocycles. The number of aromatic hydroxyl groups is 1. The number of nitrogens with one attached hydrogen (secondary N) is 3. The fourth-order valence-corrected chi connectivity index (χ4v) is 4.24. The smallest absolute Gasteiger partial charge is 0.266 e. The summed E-state index contributed by atoms with van der Waals surface area (Å²) >= 11 is 5.82. The van der Waals surface area contributed by atoms with Crippen LogP contribution in [0.1, 0.15) is 10.4 Å². The molecule has 0 atom stereocenters. The van der Waals surface area contributed by atoms with Crippen molar-refractivity contribution in [3.8, 4) is 5.75 Å². The van der Waals surface area contributed by atoms with E-state index in [1.807, 2.05) is 6.07 Å². The number of phenolic OH excluding ortho intramolecular Hbond substituents is 1. The molecular formula is C20H15ClN4O4S. The third kappa shape index (κ3) is 4.07. The van der Waals surface area contributed by atoms with Gasteiger partial charge in [0.05, 0.1) is 0 Å². The number of rotatable bonds is 3. The van der Waals surface area contributed by atoms with Crippen molar-refractivity contribution in [1.29, 1.82) is 0 Å². The molecule has 1 amide bonds. The van der Waals surface area contributed by atoms with Crippen LogP contribution in [0.4, 0.5) is 17.1 Å². The van der Waals surface area contributed by atoms with Crippen molar-refractivity contribution < 1.29 is 18.3 Å². The van der Waals surface area contributed by atoms with Gasteiger partial charge in [-0.2, -0.15) is 0 Å². The number of hydrogen-bond acceptors (Lipinski definition) is 6. The van der Waals surface area contributed by atoms with Crippen molar-refractivity contribution in [3.63, 3.8) is 0 Å². The molecule has 152 valence electrons. The van der Waals surface area contributed by atoms with Crippen LogP contribution in [0.25, 0.3) is 0 Å². The molecular weight excluding hydrogens is 428 g/mol. The molecule has 0 aliphatic carbocycles. The summed E-state index contributed by atoms with van der Waals surface area (Å²) in [6.07, 6.45) is 0. The van der Waals surface area contributed by atoms with Crippen LogP contribution in [0.5, 0.6) is 5.75 Å². The van der Waals surface area contributed by atoms with E-state index in [4.69, 9.17) is 11.6 Å². The lowest BCUT2D eigenvalue weighted by molar-refractivity contribution is 0.102. The second-order valence-corrected chi connectivity index (χ2v) is 8.45. The monoisotopic (exact) mass is 442 g/mol. The predicted octanol–water partition coefficient (Wildman–Crippen LogP) is 3.69. The number of aliphatic imine (C=N–C) groups is 1. The zero-order chi connectivity index (χ0) is 21.3. The van der Waals surface area contributed by atoms with Gasteiger partial charge in [-0.1, -0.05) is 29.8 Å². The van der Waals surface area contributed by atoms with Crippen LogP contribution in [-0.2, 0) is 10.0 Å². The molecule has 8 nitrogen and oxygen atoms in total. The minimum atomic E-state index is -3.96. The Bertz CT molecular complexity index is 1260. The van der Waals surface area contributed by atoms with E-state index in [0.29, 0.717) is 16.9 Å². The molecule has 0 radical (unpaired) electrons. The highest BCUT2D eigenvalue weighted by atomic mass is 35.5. The lowest BCUT2D eigenvalue weighted by atomic mass is 10.2. The van der Waals surface area contributed by atoms with Crippen LogP contribution < -0.4 is 15.4 Å². The number of fused-ring (bicyclic) bond motifs is 1. The van der Waals surface area contributed by atoms with Crippen LogP contribution in [-0.4, -0.2) is 25.4 Å². The van der Waals surface area contributed by atoms with Gasteiger partial charge in [-0.25, -0.2) is 18.1 Å². The van der Waals surface area contributed by atoms with Gasteiger partial charge in [-0.05, 0) is 42.5 Å². The molecule has 4 N–H and O–H groups in total. The molecule has 4 rings (SSSR count). The maximum atomic E-state index is 12.4. The van der Waals surface area contributed by atoms with Crippen molar-refractivity contribution in [1.82, 2.24) is 4.72 Å². The van der Waals surface area contributed by atoms with Gasteiger partial charge in [0, 0.05) is 28.0 Å². The Kier molecular flexibility index (Phi) is 5.06. The summed E-state index contributed by atoms with van der Waals surface area (Å²) in [4.78, 5) is 16.1. The fraction of sp³-hybridized carbons (Fsp3) is 0. The van der Waals surface area contributed by atoms with Gasteiger partial charge < -0.3 is 15.7 Å². The highest BCUT2D eigenvalue weighted by molar-refractivity contribution is 7.90. The topological polar surface area (TPSA) is 120 Å². The van der Waals surface area contributed by atoms with Gasteiger partial charge in [0.15, 0.2) is 0 Å². The highest BCUT2D eigenvalue weighted by Crippen LogP contribution is 2.38. The van der Waals surface area contributed by atoms with E-state index >= 15 is 0 Å². The number of amides is 1. The second kappa shape index (κ2) is 7.69. The summed E-state index contributed by atoms with van der Waals surface area (Å²) in [5.41, 5.74) is 1.51. The maximum Gasteiger partial charge on any atom is 0.266 e. The highest BCUT2D eigenvalue weighted by Gasteiger charge is 2.28. The quantitative estimate of drug-likeness (QED) is 0.493. The first kappa shape index (κ1) is 19.7. The van der Waals surface area contributed by atoms with Gasteiger partial charge in [0.1, 0.15) is 16.3 Å². The Hall–Kier alpha value is -3.56. The standard InChI is InChI=1S/C20H15ClN4O4S/c21-13-10-16(26)18-17(11-13)30(28,29)25-20(24-18)23-15-8-6-14(7-9-15)22-19(27)12-4-2-1-3-5-12/h1-11,26H,(H,22,27)(H2,23,24,25). The summed E-state index contributed by atoms with van der Waals surface area (Å²) in [5, 5.41) is 15.7. The van der Waals surface area contributed by atoms with Crippen molar-refractivity contribution in [2.24, 2.45) is 4.99 Å². The summed E-state index contributed by atoms with van der Waals surface area (Å²) in [5.74, 6) is -0.673. The number of halogens is 1. The average molecular weight is 443 g/mol. The number of phenols is 1. The molecule has 0 spiro atoms. The first-order valence-electron chi connectivity index (χ1n) is 8.69. The van der Waals surface area contributed by atoms with E-state index in [9.17, 15) is 18.3 Å². The third-order valence-corrected chi connectivity index (χ3v) is 5.78. The number of benzene rings is 3. The van der Waals surface area contributed by atoms with E-state index in [-0.39, 0.29) is 33.2 Å². The van der Waals surface area contributed by atoms with Gasteiger partial charge in [0.2, 0.25) is 5.96 Å². The van der Waals surface area contributed by atoms with Crippen LogP contribution in [0.2, 0.25) is 5.02 Å². The summed E-state index contributed by atoms with van der Waals surface area (Å²) in [6, 6.07) is 17.8. The molecule has 3 aromatic rings. The van der Waals surface area contributed by atoms with Gasteiger partial charge >= 0.3 is 0 Å². The van der Waals surface area contributed by atoms with Crippen molar-refractivity contribution >= 4 is 50.6 Å². The molecule has 10 heteroatoms. The van der Waals surface area contributed by atoms with Crippen molar-refractivity contribution in [2.45, 2.75) is 4.90 Å². The fourth-order valence-electron chi connectivity index (χ4n) is 2.81. The Labute approximate surface area is 177 Å². The minimum Gasteiger partial charge on any atom is -0.506 e. The van der Waals surface area contributed by atoms with Crippen molar-refractivity contribution in [3.05, 3.63) is 77.3 Å². The molecule has 0 unspecified atom stereocenters. The van der Waals surface area contributed by atoms with Gasteiger partial charge in [0.25, 0.3) is 15.9 Å². The molecule has 0 fully saturated rings. The van der Waals surface area contributed by atoms with E-state index in [0.717, 1.165) is 0 Å². The van der Waals surface area contributed by atoms with Gasteiger partial charge in [-0.3, -0.25) is 4.79 Å². The number of carbonyl (C=O) groups excluding carboxylic acids is 1. The largest absolute Gasteiger partial charge is 0.506 e. The molecule has 1 aliphatic heterocycles. The number of carbonyl (C=O) groups is 1. The Morgan fingerprint density at radius 1 is 1.00 bits per heavy atom. The Balaban J connectivity index is 1.52. The van der Waals surface area contributed by atoms with Crippen LogP contribution in [0.15, 0.2) is 76.6 Å². The second-order valence-electron chi connectivity index (χ2n) is 6.36. The summed E-state index contributed by atoms with van der Waals surface area (Å²) in [6.45, 7) is 0. The number of guanidine groups is 1. The maximum absolute atomic E-state index is 12.4. The first-order valence-corrected chi connectivity index (χ1v) is 10.6. The van der Waals surface area contributed by atoms with Crippen molar-refractivity contribution in [2.75, 3.05) is 10.6 Å². The lowest BCUT2D eigenvalue weighted by Gasteiger charge is -2.20. The van der Waals surface area contributed by atoms with E-state index < -0.39 is 10.0 Å². The Morgan fingerprint density at radius 2 is 1.67 bits per heavy atom. The van der Waals surface area contributed by atoms with Gasteiger partial charge in [-0.15, -0.1) is 0 Å². The summed E-state index contributed by atoms with van der Waals surface area (Å²) in [7, 11) is -3.96. The SMILES string of the molecule is O=C(Nc1ccc(NC2=Nc3c(O)cc(Cl)cc3S(=O)(=O)N2)cc1)c1ccccc1. The first-order chi connectivity index (χ1) is 14.3. The molecule has 0 saturated heterocycles. The van der Waals surface area contributed by atoms with E-state index in [2.05, 4.69) is 20.3 Å². The Morgan fingerprint density at radius 3 is 2.37 bits per heavy atom. The zero-order valence-corrected chi connectivity index (χ0v) is 16.8. The number of nitrogens with zero attached hydrogens (tertiary/aromatic N) is 1. The van der Waals surface area contributed by atoms with Crippen LogP contribution >= 0.6 is 11.6 Å². The number of hydrogen-bond donors (Lipinski definition) is 4. The average Bonchev–Trinajstić information content (AvgIpc) is 2.71. The number of sulfonamides is 1. The van der Waals surface area contributed by atoms with Crippen LogP contribution in [0, 0.1) is 0 Å². The molecule has 0 bridgehead atoms. The third-order valence-electron chi connectivity index (χ3n) is 4.21. The lowest BCUT2D eigenvalue weighted by Crippen LogP contribution is -2.38. The molecule has 1 aliphatic rings. The van der Waals surface area contributed by atoms with E-state index in [1.165, 1.54) is 12.1 Å². The summed E-state index contributed by atoms with van der Waals surface area (Å²) < 4.78 is 27.2. The minimum absolute atomic E-state index is 0.0800. The molecule has 1 heterocycles. The van der Waals surface area contributed by atoms with Crippen LogP contribution in [0.3, 0.4) is 0 Å². The van der Waals surface area contributed by atoms with E-state index in [1.54, 1.807) is 48.5 Å². The molecule has 0 saturated carbocycles. The normalized spacial score (nSPS) is 14.1. The zero-order valence-electron chi connectivity index (χ0n) is 15.3.